The highest BCUT2D eigenvalue weighted by Gasteiger charge is 2.26. The molecule has 8 heteroatoms. The van der Waals surface area contributed by atoms with Crippen LogP contribution in [-0.2, 0) is 14.8 Å². The number of hydrogen-bond acceptors (Lipinski definition) is 5. The van der Waals surface area contributed by atoms with E-state index in [9.17, 15) is 13.2 Å². The molecule has 2 rings (SSSR count). The highest BCUT2D eigenvalue weighted by atomic mass is 32.2. The summed E-state index contributed by atoms with van der Waals surface area (Å²) in [7, 11) is -3.80. The molecule has 1 atom stereocenters. The Morgan fingerprint density at radius 2 is 2.33 bits per heavy atom. The van der Waals surface area contributed by atoms with Crippen molar-refractivity contribution >= 4 is 16.0 Å². The molecule has 0 amide bonds. The van der Waals surface area contributed by atoms with Crippen molar-refractivity contribution in [2.45, 2.75) is 31.2 Å². The zero-order valence-electron chi connectivity index (χ0n) is 11.8. The third kappa shape index (κ3) is 3.92. The fourth-order valence-electron chi connectivity index (χ4n) is 2.17. The molecule has 0 fully saturated rings. The van der Waals surface area contributed by atoms with E-state index in [1.54, 1.807) is 6.92 Å². The summed E-state index contributed by atoms with van der Waals surface area (Å²) in [6.07, 6.45) is 8.09. The molecule has 0 aliphatic heterocycles. The van der Waals surface area contributed by atoms with Crippen molar-refractivity contribution in [3.63, 3.8) is 0 Å². The second kappa shape index (κ2) is 6.86. The average Bonchev–Trinajstić information content (AvgIpc) is 2.97. The summed E-state index contributed by atoms with van der Waals surface area (Å²) < 4.78 is 31.9. The van der Waals surface area contributed by atoms with Gasteiger partial charge in [-0.1, -0.05) is 12.2 Å². The number of rotatable bonds is 6. The molecular weight excluding hydrogens is 294 g/mol. The number of hydrogen-bond donors (Lipinski definition) is 2. The van der Waals surface area contributed by atoms with E-state index in [0.29, 0.717) is 6.54 Å². The average molecular weight is 313 g/mol. The van der Waals surface area contributed by atoms with Crippen LogP contribution in [0.25, 0.3) is 0 Å². The Morgan fingerprint density at radius 1 is 1.52 bits per heavy atom. The topological polar surface area (TPSA) is 101 Å². The Labute approximate surface area is 123 Å². The van der Waals surface area contributed by atoms with Crippen LogP contribution in [0.2, 0.25) is 0 Å². The first-order chi connectivity index (χ1) is 10.0. The molecule has 1 unspecified atom stereocenters. The van der Waals surface area contributed by atoms with E-state index in [1.165, 1.54) is 0 Å². The van der Waals surface area contributed by atoms with Gasteiger partial charge in [0.05, 0.1) is 12.8 Å². The van der Waals surface area contributed by atoms with Gasteiger partial charge in [-0.3, -0.25) is 5.10 Å². The van der Waals surface area contributed by atoms with Crippen molar-refractivity contribution < 1.29 is 17.9 Å². The molecular formula is C13H19N3O4S. The predicted octanol–water partition coefficient (Wildman–Crippen LogP) is 1.22. The largest absolute Gasteiger partial charge is 0.462 e. The van der Waals surface area contributed by atoms with Gasteiger partial charge in [-0.25, -0.2) is 17.9 Å². The minimum Gasteiger partial charge on any atom is -0.462 e. The summed E-state index contributed by atoms with van der Waals surface area (Å²) in [5, 5.41) is 5.74. The van der Waals surface area contributed by atoms with Crippen LogP contribution in [0.5, 0.6) is 0 Å². The number of nitrogens with zero attached hydrogens (tertiary/aromatic N) is 1. The standard InChI is InChI=1S/C13H19N3O4S/c1-2-20-13(17)11-9-14-16-12(11)21(18,19)15-8-10-6-4-3-5-7-10/h3-4,9-10,15H,2,5-8H2,1H3,(H,14,16). The highest BCUT2D eigenvalue weighted by molar-refractivity contribution is 7.89. The number of nitrogens with one attached hydrogen (secondary N) is 2. The van der Waals surface area contributed by atoms with Crippen LogP contribution in [0.1, 0.15) is 36.5 Å². The Kier molecular flexibility index (Phi) is 5.13. The summed E-state index contributed by atoms with van der Waals surface area (Å²) in [6.45, 7) is 2.17. The Hall–Kier alpha value is -1.67. The first kappa shape index (κ1) is 15.7. The molecule has 116 valence electrons. The lowest BCUT2D eigenvalue weighted by Gasteiger charge is -2.17. The van der Waals surface area contributed by atoms with Gasteiger partial charge in [0.1, 0.15) is 5.56 Å². The van der Waals surface area contributed by atoms with Gasteiger partial charge >= 0.3 is 5.97 Å². The van der Waals surface area contributed by atoms with Crippen molar-refractivity contribution in [3.05, 3.63) is 23.9 Å². The molecule has 0 saturated heterocycles. The third-order valence-corrected chi connectivity index (χ3v) is 4.70. The lowest BCUT2D eigenvalue weighted by molar-refractivity contribution is 0.0522. The molecule has 1 aromatic heterocycles. The van der Waals surface area contributed by atoms with Gasteiger partial charge in [0.15, 0.2) is 5.03 Å². The normalized spacial score (nSPS) is 18.6. The van der Waals surface area contributed by atoms with E-state index < -0.39 is 16.0 Å². The molecule has 0 radical (unpaired) electrons. The van der Waals surface area contributed by atoms with Gasteiger partial charge in [0, 0.05) is 6.54 Å². The number of allylic oxidation sites excluding steroid dienone is 2. The monoisotopic (exact) mass is 313 g/mol. The maximum Gasteiger partial charge on any atom is 0.342 e. The number of carbonyl (C=O) groups is 1. The van der Waals surface area contributed by atoms with Gasteiger partial charge in [0.25, 0.3) is 10.0 Å². The second-order valence-electron chi connectivity index (χ2n) is 4.84. The fraction of sp³-hybridized carbons (Fsp3) is 0.538. The van der Waals surface area contributed by atoms with Crippen LogP contribution in [0.3, 0.4) is 0 Å². The van der Waals surface area contributed by atoms with E-state index >= 15 is 0 Å². The first-order valence-electron chi connectivity index (χ1n) is 6.89. The Balaban J connectivity index is 2.07. The molecule has 1 heterocycles. The lowest BCUT2D eigenvalue weighted by Crippen LogP contribution is -2.31. The predicted molar refractivity (Wildman–Crippen MR) is 76.2 cm³/mol. The van der Waals surface area contributed by atoms with Crippen molar-refractivity contribution in [3.8, 4) is 0 Å². The van der Waals surface area contributed by atoms with Crippen molar-refractivity contribution in [2.75, 3.05) is 13.2 Å². The molecule has 1 aliphatic carbocycles. The van der Waals surface area contributed by atoms with E-state index in [2.05, 4.69) is 27.1 Å². The smallest absolute Gasteiger partial charge is 0.342 e. The van der Waals surface area contributed by atoms with Crippen molar-refractivity contribution in [1.29, 1.82) is 0 Å². The zero-order valence-corrected chi connectivity index (χ0v) is 12.6. The Morgan fingerprint density at radius 3 is 3.00 bits per heavy atom. The van der Waals surface area contributed by atoms with Crippen LogP contribution in [0.4, 0.5) is 0 Å². The van der Waals surface area contributed by atoms with Crippen LogP contribution < -0.4 is 4.72 Å². The summed E-state index contributed by atoms with van der Waals surface area (Å²) in [5.41, 5.74) is -0.0760. The molecule has 21 heavy (non-hydrogen) atoms. The van der Waals surface area contributed by atoms with E-state index in [1.807, 2.05) is 0 Å². The number of aromatic amines is 1. The van der Waals surface area contributed by atoms with E-state index in [0.717, 1.165) is 25.5 Å². The zero-order chi connectivity index (χ0) is 15.3. The molecule has 1 aromatic rings. The van der Waals surface area contributed by atoms with Gasteiger partial charge in [-0.05, 0) is 32.1 Å². The van der Waals surface area contributed by atoms with Gasteiger partial charge in [0.2, 0.25) is 0 Å². The molecule has 1 aliphatic rings. The van der Waals surface area contributed by atoms with Gasteiger partial charge in [-0.15, -0.1) is 0 Å². The molecule has 0 aromatic carbocycles. The Bertz CT molecular complexity index is 621. The molecule has 0 bridgehead atoms. The number of H-pyrrole nitrogens is 1. The van der Waals surface area contributed by atoms with Crippen LogP contribution in [0.15, 0.2) is 23.4 Å². The number of ether oxygens (including phenoxy) is 1. The van der Waals surface area contributed by atoms with Crippen LogP contribution in [-0.4, -0.2) is 37.7 Å². The van der Waals surface area contributed by atoms with E-state index in [4.69, 9.17) is 4.74 Å². The van der Waals surface area contributed by atoms with E-state index in [-0.39, 0.29) is 23.1 Å². The van der Waals surface area contributed by atoms with Gasteiger partial charge < -0.3 is 4.74 Å². The first-order valence-corrected chi connectivity index (χ1v) is 8.38. The maximum atomic E-state index is 12.3. The minimum atomic E-state index is -3.80. The van der Waals surface area contributed by atoms with Crippen molar-refractivity contribution in [2.24, 2.45) is 5.92 Å². The fourth-order valence-corrected chi connectivity index (χ4v) is 3.37. The summed E-state index contributed by atoms with van der Waals surface area (Å²) in [5.74, 6) is -0.425. The second-order valence-corrected chi connectivity index (χ2v) is 6.54. The summed E-state index contributed by atoms with van der Waals surface area (Å²) in [6, 6.07) is 0. The lowest BCUT2D eigenvalue weighted by atomic mass is 9.95. The van der Waals surface area contributed by atoms with Gasteiger partial charge in [-0.2, -0.15) is 5.10 Å². The third-order valence-electron chi connectivity index (χ3n) is 3.31. The maximum absolute atomic E-state index is 12.3. The number of esters is 1. The molecule has 2 N–H and O–H groups in total. The quantitative estimate of drug-likeness (QED) is 0.607. The molecule has 0 saturated carbocycles. The molecule has 7 nitrogen and oxygen atoms in total. The summed E-state index contributed by atoms with van der Waals surface area (Å²) in [4.78, 5) is 11.7. The van der Waals surface area contributed by atoms with Crippen LogP contribution in [0, 0.1) is 5.92 Å². The van der Waals surface area contributed by atoms with Crippen molar-refractivity contribution in [1.82, 2.24) is 14.9 Å². The number of sulfonamides is 1. The minimum absolute atomic E-state index is 0.0760. The molecule has 0 spiro atoms. The summed E-state index contributed by atoms with van der Waals surface area (Å²) >= 11 is 0. The SMILES string of the molecule is CCOC(=O)c1cn[nH]c1S(=O)(=O)NCC1CC=CCC1. The highest BCUT2D eigenvalue weighted by Crippen LogP contribution is 2.19. The number of carbonyl (C=O) groups excluding carboxylic acids is 1. The number of aromatic nitrogens is 2. The van der Waals surface area contributed by atoms with Crippen LogP contribution >= 0.6 is 0 Å².